The maximum absolute atomic E-state index is 12.3. The number of hydrogen-bond acceptors (Lipinski definition) is 4. The quantitative estimate of drug-likeness (QED) is 0.730. The maximum Gasteiger partial charge on any atom is 0.286 e. The number of halogens is 1. The Bertz CT molecular complexity index is 874. The van der Waals surface area contributed by atoms with Gasteiger partial charge in [-0.2, -0.15) is 4.99 Å². The molecule has 2 aliphatic rings. The highest BCUT2D eigenvalue weighted by Crippen LogP contribution is 2.32. The van der Waals surface area contributed by atoms with E-state index in [1.165, 1.54) is 17.4 Å². The van der Waals surface area contributed by atoms with E-state index in [1.807, 2.05) is 36.4 Å². The third-order valence-corrected chi connectivity index (χ3v) is 5.86. The Morgan fingerprint density at radius 2 is 1.58 bits per heavy atom. The van der Waals surface area contributed by atoms with Gasteiger partial charge in [-0.05, 0) is 41.6 Å². The van der Waals surface area contributed by atoms with Gasteiger partial charge in [-0.3, -0.25) is 4.79 Å². The van der Waals surface area contributed by atoms with Gasteiger partial charge in [-0.15, -0.1) is 0 Å². The number of hydrogen-bond donors (Lipinski definition) is 0. The summed E-state index contributed by atoms with van der Waals surface area (Å²) in [5, 5.41) is 1.43. The van der Waals surface area contributed by atoms with Gasteiger partial charge >= 0.3 is 0 Å². The number of benzene rings is 2. The predicted molar refractivity (Wildman–Crippen MR) is 110 cm³/mol. The molecule has 0 radical (unpaired) electrons. The summed E-state index contributed by atoms with van der Waals surface area (Å²) < 4.78 is 0. The van der Waals surface area contributed by atoms with E-state index in [0.29, 0.717) is 9.93 Å². The van der Waals surface area contributed by atoms with Crippen LogP contribution >= 0.6 is 23.4 Å². The predicted octanol–water partition coefficient (Wildman–Crippen LogP) is 4.13. The lowest BCUT2D eigenvalue weighted by molar-refractivity contribution is -0.113. The van der Waals surface area contributed by atoms with E-state index in [0.717, 1.165) is 36.9 Å². The van der Waals surface area contributed by atoms with E-state index >= 15 is 0 Å². The molecule has 1 fully saturated rings. The highest BCUT2D eigenvalue weighted by molar-refractivity contribution is 8.18. The molecule has 4 nitrogen and oxygen atoms in total. The number of para-hydroxylation sites is 1. The molecule has 2 aromatic rings. The number of amides is 1. The average molecular weight is 384 g/mol. The highest BCUT2D eigenvalue weighted by Gasteiger charge is 2.28. The molecular weight excluding hydrogens is 366 g/mol. The van der Waals surface area contributed by atoms with E-state index in [4.69, 9.17) is 11.6 Å². The largest absolute Gasteiger partial charge is 0.368 e. The van der Waals surface area contributed by atoms with Gasteiger partial charge in [0.2, 0.25) is 0 Å². The first-order valence-electron chi connectivity index (χ1n) is 8.53. The highest BCUT2D eigenvalue weighted by atomic mass is 35.5. The van der Waals surface area contributed by atoms with E-state index in [-0.39, 0.29) is 5.91 Å². The zero-order chi connectivity index (χ0) is 17.9. The summed E-state index contributed by atoms with van der Waals surface area (Å²) in [7, 11) is 0. The lowest BCUT2D eigenvalue weighted by Crippen LogP contribution is -2.47. The van der Waals surface area contributed by atoms with Crippen LogP contribution in [-0.2, 0) is 4.79 Å². The Kier molecular flexibility index (Phi) is 5.00. The summed E-state index contributed by atoms with van der Waals surface area (Å²) in [6, 6.07) is 17.9. The van der Waals surface area contributed by atoms with Gasteiger partial charge in [-0.1, -0.05) is 48.0 Å². The summed E-state index contributed by atoms with van der Waals surface area (Å²) in [6.45, 7) is 3.55. The van der Waals surface area contributed by atoms with Gasteiger partial charge in [-0.25, -0.2) is 0 Å². The molecule has 4 rings (SSSR count). The Morgan fingerprint density at radius 1 is 0.923 bits per heavy atom. The zero-order valence-electron chi connectivity index (χ0n) is 14.1. The lowest BCUT2D eigenvalue weighted by Gasteiger charge is -2.36. The van der Waals surface area contributed by atoms with Gasteiger partial charge in [0, 0.05) is 36.9 Å². The molecule has 1 saturated heterocycles. The second kappa shape index (κ2) is 7.56. The third-order valence-electron chi connectivity index (χ3n) is 4.47. The van der Waals surface area contributed by atoms with Crippen molar-refractivity contribution in [3.63, 3.8) is 0 Å². The first kappa shape index (κ1) is 17.2. The first-order chi connectivity index (χ1) is 12.7. The van der Waals surface area contributed by atoms with Crippen molar-refractivity contribution in [2.45, 2.75) is 0 Å². The van der Waals surface area contributed by atoms with Crippen LogP contribution in [0.1, 0.15) is 5.56 Å². The first-order valence-corrected chi connectivity index (χ1v) is 9.72. The molecule has 0 N–H and O–H groups in total. The fourth-order valence-electron chi connectivity index (χ4n) is 3.06. The van der Waals surface area contributed by atoms with E-state index in [9.17, 15) is 4.79 Å². The molecule has 26 heavy (non-hydrogen) atoms. The normalized spacial score (nSPS) is 19.2. The number of rotatable bonds is 2. The maximum atomic E-state index is 12.3. The van der Waals surface area contributed by atoms with E-state index < -0.39 is 0 Å². The molecule has 0 bridgehead atoms. The van der Waals surface area contributed by atoms with Crippen LogP contribution in [0, 0.1) is 0 Å². The average Bonchev–Trinajstić information content (AvgIpc) is 3.05. The van der Waals surface area contributed by atoms with Crippen LogP contribution < -0.4 is 4.90 Å². The van der Waals surface area contributed by atoms with Crippen molar-refractivity contribution in [2.75, 3.05) is 31.1 Å². The molecule has 6 heteroatoms. The van der Waals surface area contributed by atoms with Crippen molar-refractivity contribution in [1.29, 1.82) is 0 Å². The molecule has 2 aliphatic heterocycles. The molecule has 1 amide bonds. The number of thioether (sulfide) groups is 1. The zero-order valence-corrected chi connectivity index (χ0v) is 15.7. The van der Waals surface area contributed by atoms with Gasteiger partial charge in [0.25, 0.3) is 5.91 Å². The number of amidine groups is 1. The number of carbonyl (C=O) groups is 1. The number of aliphatic imine (C=N–C) groups is 1. The molecule has 132 valence electrons. The minimum absolute atomic E-state index is 0.185. The van der Waals surface area contributed by atoms with Crippen LogP contribution in [0.3, 0.4) is 0 Å². The van der Waals surface area contributed by atoms with E-state index in [2.05, 4.69) is 39.1 Å². The van der Waals surface area contributed by atoms with Crippen molar-refractivity contribution in [2.24, 2.45) is 4.99 Å². The molecule has 0 unspecified atom stereocenters. The van der Waals surface area contributed by atoms with Crippen molar-refractivity contribution in [3.05, 3.63) is 70.1 Å². The Morgan fingerprint density at radius 3 is 2.31 bits per heavy atom. The van der Waals surface area contributed by atoms with Crippen LogP contribution in [0.15, 0.2) is 64.5 Å². The van der Waals surface area contributed by atoms with Crippen LogP contribution in [0.2, 0.25) is 5.02 Å². The van der Waals surface area contributed by atoms with Crippen LogP contribution in [0.5, 0.6) is 0 Å². The minimum Gasteiger partial charge on any atom is -0.368 e. The molecule has 0 aliphatic carbocycles. The number of nitrogens with zero attached hydrogens (tertiary/aromatic N) is 3. The third kappa shape index (κ3) is 3.64. The lowest BCUT2D eigenvalue weighted by atomic mass is 10.2. The molecule has 0 spiro atoms. The number of carbonyl (C=O) groups excluding carboxylic acids is 1. The second-order valence-corrected chi connectivity index (χ2v) is 7.56. The minimum atomic E-state index is -0.185. The Hall–Kier alpha value is -2.24. The van der Waals surface area contributed by atoms with Crippen LogP contribution in [0.4, 0.5) is 5.69 Å². The van der Waals surface area contributed by atoms with Crippen molar-refractivity contribution < 1.29 is 4.79 Å². The summed E-state index contributed by atoms with van der Waals surface area (Å²) >= 11 is 7.63. The summed E-state index contributed by atoms with van der Waals surface area (Å²) in [6.07, 6.45) is 1.83. The van der Waals surface area contributed by atoms with Gasteiger partial charge < -0.3 is 9.80 Å². The summed E-state index contributed by atoms with van der Waals surface area (Å²) in [4.78, 5) is 21.7. The van der Waals surface area contributed by atoms with Gasteiger partial charge in [0.05, 0.1) is 4.91 Å². The number of anilines is 1. The number of piperazine rings is 1. The van der Waals surface area contributed by atoms with Gasteiger partial charge in [0.1, 0.15) is 0 Å². The summed E-state index contributed by atoms with van der Waals surface area (Å²) in [5.41, 5.74) is 2.08. The topological polar surface area (TPSA) is 35.9 Å². The fraction of sp³-hybridized carbons (Fsp3) is 0.200. The molecular formula is C20H18ClN3OS. The molecule has 2 heterocycles. The Balaban J connectivity index is 1.42. The van der Waals surface area contributed by atoms with Crippen LogP contribution in [-0.4, -0.2) is 42.2 Å². The molecule has 0 aromatic heterocycles. The van der Waals surface area contributed by atoms with Crippen molar-refractivity contribution in [3.8, 4) is 0 Å². The SMILES string of the molecule is O=C1N=C(N2CCN(c3ccccc3)CC2)S/C1=C\c1ccccc1Cl. The van der Waals surface area contributed by atoms with Gasteiger partial charge in [0.15, 0.2) is 5.17 Å². The van der Waals surface area contributed by atoms with Crippen molar-refractivity contribution in [1.82, 2.24) is 4.90 Å². The standard InChI is InChI=1S/C20H18ClN3OS/c21-17-9-5-4-6-15(17)14-18-19(25)22-20(26-18)24-12-10-23(11-13-24)16-7-2-1-3-8-16/h1-9,14H,10-13H2/b18-14-. The molecule has 0 atom stereocenters. The monoisotopic (exact) mass is 383 g/mol. The van der Waals surface area contributed by atoms with Crippen LogP contribution in [0.25, 0.3) is 6.08 Å². The summed E-state index contributed by atoms with van der Waals surface area (Å²) in [5.74, 6) is -0.185. The van der Waals surface area contributed by atoms with E-state index in [1.54, 1.807) is 0 Å². The molecule has 2 aromatic carbocycles. The Labute approximate surface area is 162 Å². The smallest absolute Gasteiger partial charge is 0.286 e. The molecule has 0 saturated carbocycles. The fourth-order valence-corrected chi connectivity index (χ4v) is 4.21. The second-order valence-electron chi connectivity index (χ2n) is 6.14. The van der Waals surface area contributed by atoms with Crippen molar-refractivity contribution >= 4 is 46.2 Å².